The summed E-state index contributed by atoms with van der Waals surface area (Å²) in [5.74, 6) is 0. The quantitative estimate of drug-likeness (QED) is 0.440. The van der Waals surface area contributed by atoms with E-state index >= 15 is 0 Å². The summed E-state index contributed by atoms with van der Waals surface area (Å²) < 4.78 is 0. The van der Waals surface area contributed by atoms with Gasteiger partial charge in [0, 0.05) is 0 Å². The predicted molar refractivity (Wildman–Crippen MR) is 24.3 cm³/mol. The standard InChI is InChI=1S/C5H8N.Zn/c1-2-3-4-5-6;/h1-4H2;. The summed E-state index contributed by atoms with van der Waals surface area (Å²) in [7, 11) is 0. The number of unbranched alkanes of at least 4 members (excludes halogenated alkanes) is 2. The van der Waals surface area contributed by atoms with E-state index in [-0.39, 0.29) is 0 Å². The van der Waals surface area contributed by atoms with Crippen LogP contribution in [0.25, 0.3) is 0 Å². The van der Waals surface area contributed by atoms with Gasteiger partial charge in [0.25, 0.3) is 0 Å². The Morgan fingerprint density at radius 1 is 1.43 bits per heavy atom. The fourth-order valence-corrected chi connectivity index (χ4v) is 1.12. The molecule has 0 saturated carbocycles. The normalized spacial score (nSPS) is 8.14. The Morgan fingerprint density at radius 3 is 2.57 bits per heavy atom. The van der Waals surface area contributed by atoms with Gasteiger partial charge >= 0.3 is 53.9 Å². The van der Waals surface area contributed by atoms with Crippen molar-refractivity contribution < 1.29 is 18.3 Å². The average Bonchev–Trinajstić information content (AvgIpc) is 1.69. The summed E-state index contributed by atoms with van der Waals surface area (Å²) in [6.07, 6.45) is 3.12. The minimum atomic E-state index is 0.750. The van der Waals surface area contributed by atoms with Crippen molar-refractivity contribution in [2.45, 2.75) is 24.3 Å². The summed E-state index contributed by atoms with van der Waals surface area (Å²) in [6.45, 7) is 0. The number of nitrogens with zero attached hydrogens (tertiary/aromatic N) is 1. The Morgan fingerprint density at radius 2 is 2.14 bits per heavy atom. The first-order valence-electron chi connectivity index (χ1n) is 2.58. The van der Waals surface area contributed by atoms with Crippen LogP contribution in [0.4, 0.5) is 0 Å². The van der Waals surface area contributed by atoms with Crippen LogP contribution >= 0.6 is 0 Å². The first-order chi connectivity index (χ1) is 3.41. The molecule has 0 aliphatic rings. The first kappa shape index (κ1) is 7.11. The van der Waals surface area contributed by atoms with Gasteiger partial charge in [-0.25, -0.2) is 0 Å². The van der Waals surface area contributed by atoms with Gasteiger partial charge < -0.3 is 0 Å². The van der Waals surface area contributed by atoms with Crippen LogP contribution in [-0.4, -0.2) is 0 Å². The van der Waals surface area contributed by atoms with Gasteiger partial charge in [-0.3, -0.25) is 0 Å². The Balaban J connectivity index is 2.60. The molecule has 0 atom stereocenters. The maximum atomic E-state index is 8.05. The molecular weight excluding hydrogens is 139 g/mol. The molecule has 0 spiro atoms. The predicted octanol–water partition coefficient (Wildman–Crippen LogP) is 1.65. The second-order valence-corrected chi connectivity index (χ2v) is 2.95. The van der Waals surface area contributed by atoms with E-state index in [1.165, 1.54) is 29.7 Å². The molecule has 35 valence electrons. The van der Waals surface area contributed by atoms with Crippen molar-refractivity contribution in [2.24, 2.45) is 0 Å². The first-order valence-corrected chi connectivity index (χ1v) is 4.68. The average molecular weight is 148 g/mol. The van der Waals surface area contributed by atoms with Crippen LogP contribution in [0.15, 0.2) is 0 Å². The van der Waals surface area contributed by atoms with Gasteiger partial charge in [0.05, 0.1) is 0 Å². The molecule has 1 nitrogen and oxygen atoms in total. The van der Waals surface area contributed by atoms with Crippen molar-refractivity contribution in [1.29, 1.82) is 5.26 Å². The van der Waals surface area contributed by atoms with E-state index in [9.17, 15) is 0 Å². The molecule has 0 fully saturated rings. The van der Waals surface area contributed by atoms with Gasteiger partial charge in [-0.05, 0) is 0 Å². The molecular formula is C5H8NZn. The van der Waals surface area contributed by atoms with Crippen molar-refractivity contribution in [3.63, 3.8) is 0 Å². The Labute approximate surface area is 54.4 Å². The molecule has 0 aliphatic carbocycles. The molecule has 0 bridgehead atoms. The zero-order chi connectivity index (χ0) is 5.54. The van der Waals surface area contributed by atoms with Crippen LogP contribution in [0, 0.1) is 11.3 Å². The van der Waals surface area contributed by atoms with E-state index in [0.717, 1.165) is 12.8 Å². The van der Waals surface area contributed by atoms with Crippen LogP contribution in [0.1, 0.15) is 19.3 Å². The molecule has 0 amide bonds. The maximum absolute atomic E-state index is 8.05. The molecule has 0 rings (SSSR count). The molecule has 7 heavy (non-hydrogen) atoms. The van der Waals surface area contributed by atoms with E-state index in [0.29, 0.717) is 0 Å². The Kier molecular flexibility index (Phi) is 6.21. The van der Waals surface area contributed by atoms with Crippen molar-refractivity contribution in [3.05, 3.63) is 0 Å². The van der Waals surface area contributed by atoms with Gasteiger partial charge in [0.2, 0.25) is 0 Å². The van der Waals surface area contributed by atoms with E-state index in [1.54, 1.807) is 0 Å². The third-order valence-corrected chi connectivity index (χ3v) is 1.84. The van der Waals surface area contributed by atoms with Crippen LogP contribution < -0.4 is 0 Å². The number of hydrogen-bond acceptors (Lipinski definition) is 1. The molecule has 0 aromatic carbocycles. The zero-order valence-corrected chi connectivity index (χ0v) is 7.45. The van der Waals surface area contributed by atoms with Gasteiger partial charge in [0.15, 0.2) is 0 Å². The topological polar surface area (TPSA) is 23.8 Å². The van der Waals surface area contributed by atoms with E-state index in [1.807, 2.05) is 0 Å². The Hall–Kier alpha value is 0.113. The number of hydrogen-bond donors (Lipinski definition) is 0. The molecule has 0 heterocycles. The summed E-state index contributed by atoms with van der Waals surface area (Å²) in [5.41, 5.74) is 0. The van der Waals surface area contributed by atoms with Gasteiger partial charge in [-0.15, -0.1) is 0 Å². The van der Waals surface area contributed by atoms with Crippen LogP contribution in [0.5, 0.6) is 0 Å². The molecule has 2 heteroatoms. The van der Waals surface area contributed by atoms with Gasteiger partial charge in [-0.2, -0.15) is 0 Å². The molecule has 0 aromatic rings. The van der Waals surface area contributed by atoms with Crippen LogP contribution in [0.2, 0.25) is 5.02 Å². The van der Waals surface area contributed by atoms with E-state index in [2.05, 4.69) is 6.07 Å². The third kappa shape index (κ3) is 6.11. The Bertz CT molecular complexity index is 65.0. The molecule has 0 saturated heterocycles. The number of nitriles is 1. The molecule has 0 aliphatic heterocycles. The molecule has 0 aromatic heterocycles. The molecule has 0 radical (unpaired) electrons. The second-order valence-electron chi connectivity index (χ2n) is 1.47. The van der Waals surface area contributed by atoms with Crippen molar-refractivity contribution in [2.75, 3.05) is 0 Å². The molecule has 0 N–H and O–H groups in total. The minimum absolute atomic E-state index is 0.750. The van der Waals surface area contributed by atoms with Gasteiger partial charge in [0.1, 0.15) is 0 Å². The SMILES string of the molecule is N#CCCC[CH2][Zn]. The summed E-state index contributed by atoms with van der Waals surface area (Å²) >= 11 is 1.38. The summed E-state index contributed by atoms with van der Waals surface area (Å²) in [6, 6.07) is 2.12. The van der Waals surface area contributed by atoms with Gasteiger partial charge in [-0.1, -0.05) is 0 Å². The fourth-order valence-electron chi connectivity index (χ4n) is 0.381. The van der Waals surface area contributed by atoms with Crippen molar-refractivity contribution in [1.82, 2.24) is 0 Å². The van der Waals surface area contributed by atoms with Crippen LogP contribution in [-0.2, 0) is 18.3 Å². The monoisotopic (exact) mass is 146 g/mol. The zero-order valence-electron chi connectivity index (χ0n) is 4.48. The second kappa shape index (κ2) is 6.11. The van der Waals surface area contributed by atoms with Crippen molar-refractivity contribution in [3.8, 4) is 6.07 Å². The third-order valence-electron chi connectivity index (χ3n) is 0.789. The van der Waals surface area contributed by atoms with Crippen molar-refractivity contribution >= 4 is 0 Å². The summed E-state index contributed by atoms with van der Waals surface area (Å²) in [5, 5.41) is 9.39. The fraction of sp³-hybridized carbons (Fsp3) is 0.800. The van der Waals surface area contributed by atoms with Crippen LogP contribution in [0.3, 0.4) is 0 Å². The van der Waals surface area contributed by atoms with E-state index in [4.69, 9.17) is 5.26 Å². The summed E-state index contributed by atoms with van der Waals surface area (Å²) in [4.78, 5) is 0. The number of rotatable bonds is 3. The molecule has 0 unspecified atom stereocenters. The van der Waals surface area contributed by atoms with E-state index < -0.39 is 0 Å².